The van der Waals surface area contributed by atoms with Gasteiger partial charge in [0.2, 0.25) is 0 Å². The number of alkyl halides is 2. The van der Waals surface area contributed by atoms with Gasteiger partial charge in [0.25, 0.3) is 0 Å². The molecule has 0 radical (unpaired) electrons. The van der Waals surface area contributed by atoms with E-state index in [2.05, 4.69) is 43.5 Å². The fraction of sp³-hybridized carbons (Fsp3) is 0.929. The Balaban J connectivity index is 1.56. The summed E-state index contributed by atoms with van der Waals surface area (Å²) in [6.07, 6.45) is 4.87. The zero-order valence-corrected chi connectivity index (χ0v) is 16.4. The fourth-order valence-corrected chi connectivity index (χ4v) is 12.1. The average Bonchev–Trinajstić information content (AvgIpc) is 3.16. The monoisotopic (exact) mass is 504 g/mol. The third-order valence-corrected chi connectivity index (χ3v) is 13.2. The summed E-state index contributed by atoms with van der Waals surface area (Å²) >= 11 is 1.18. The molecule has 3 aliphatic carbocycles. The summed E-state index contributed by atoms with van der Waals surface area (Å²) < 4.78 is 12.7. The van der Waals surface area contributed by atoms with Gasteiger partial charge < -0.3 is 0 Å². The SMILES string of the molecule is CCC(C)C1(OC(=O)C(C)(I)C23NI2N3)C2CCC1C2. The van der Waals surface area contributed by atoms with Crippen LogP contribution in [0.1, 0.15) is 46.5 Å². The van der Waals surface area contributed by atoms with Crippen molar-refractivity contribution < 1.29 is 9.53 Å². The molecule has 5 fully saturated rings. The van der Waals surface area contributed by atoms with Gasteiger partial charge in [0.1, 0.15) is 0 Å². The van der Waals surface area contributed by atoms with Crippen LogP contribution >= 0.6 is 43.0 Å². The zero-order chi connectivity index (χ0) is 14.3. The minimum absolute atomic E-state index is 0.00676. The first-order valence-corrected chi connectivity index (χ1v) is 11.9. The maximum atomic E-state index is 12.8. The molecule has 2 N–H and O–H groups in total. The molecule has 0 spiro atoms. The predicted octanol–water partition coefficient (Wildman–Crippen LogP) is 3.13. The third kappa shape index (κ3) is 1.57. The molecule has 114 valence electrons. The zero-order valence-electron chi connectivity index (χ0n) is 12.1. The van der Waals surface area contributed by atoms with Crippen LogP contribution in [-0.2, 0) is 9.53 Å². The number of nitrogens with one attached hydrogen (secondary N) is 2. The van der Waals surface area contributed by atoms with Crippen molar-refractivity contribution in [3.05, 3.63) is 0 Å². The summed E-state index contributed by atoms with van der Waals surface area (Å²) in [4.78, 5) is 12.8. The molecule has 6 heteroatoms. The molecule has 2 heterocycles. The van der Waals surface area contributed by atoms with Crippen LogP contribution in [0.5, 0.6) is 0 Å². The van der Waals surface area contributed by atoms with Crippen molar-refractivity contribution in [2.24, 2.45) is 17.8 Å². The second kappa shape index (κ2) is 4.23. The van der Waals surface area contributed by atoms with Crippen molar-refractivity contribution in [3.8, 4) is 0 Å². The molecule has 20 heavy (non-hydrogen) atoms. The van der Waals surface area contributed by atoms with Gasteiger partial charge in [0, 0.05) is 0 Å². The van der Waals surface area contributed by atoms with E-state index in [9.17, 15) is 4.79 Å². The fourth-order valence-electron chi connectivity index (χ4n) is 4.34. The molecule has 5 rings (SSSR count). The first kappa shape index (κ1) is 14.4. The van der Waals surface area contributed by atoms with Crippen LogP contribution in [0.2, 0.25) is 0 Å². The van der Waals surface area contributed by atoms with Gasteiger partial charge in [-0.3, -0.25) is 0 Å². The Bertz CT molecular complexity index is 462. The summed E-state index contributed by atoms with van der Waals surface area (Å²) in [6, 6.07) is 0. The molecule has 3 saturated carbocycles. The molecule has 0 aromatic rings. The van der Waals surface area contributed by atoms with Crippen molar-refractivity contribution in [1.82, 2.24) is 7.06 Å². The molecule has 2 aliphatic heterocycles. The number of ether oxygens (including phenoxy) is 1. The van der Waals surface area contributed by atoms with Crippen LogP contribution in [0.15, 0.2) is 0 Å². The van der Waals surface area contributed by atoms with Crippen LogP contribution < -0.4 is 7.06 Å². The van der Waals surface area contributed by atoms with E-state index >= 15 is 0 Å². The predicted molar refractivity (Wildman–Crippen MR) is 94.6 cm³/mol. The van der Waals surface area contributed by atoms with Crippen molar-refractivity contribution >= 4 is 48.9 Å². The quantitative estimate of drug-likeness (QED) is 0.151. The van der Waals surface area contributed by atoms with E-state index in [4.69, 9.17) is 4.74 Å². The Morgan fingerprint density at radius 2 is 2.05 bits per heavy atom. The summed E-state index contributed by atoms with van der Waals surface area (Å²) in [5.74, 6) is 1.72. The van der Waals surface area contributed by atoms with Crippen molar-refractivity contribution in [2.75, 3.05) is 0 Å². The number of hydrogen-bond donors (Lipinski definition) is 2. The Kier molecular flexibility index (Phi) is 3.05. The number of hydrogen-bond acceptors (Lipinski definition) is 4. The minimum atomic E-state index is -1.12. The molecule has 0 aromatic heterocycles. The molecule has 2 bridgehead atoms. The Morgan fingerprint density at radius 3 is 2.45 bits per heavy atom. The van der Waals surface area contributed by atoms with E-state index in [0.717, 1.165) is 6.42 Å². The van der Waals surface area contributed by atoms with Gasteiger partial charge >= 0.3 is 142 Å². The van der Waals surface area contributed by atoms with E-state index in [1.165, 1.54) is 19.3 Å². The average molecular weight is 504 g/mol. The van der Waals surface area contributed by atoms with Gasteiger partial charge in [-0.25, -0.2) is 0 Å². The van der Waals surface area contributed by atoms with Gasteiger partial charge in [0.15, 0.2) is 0 Å². The van der Waals surface area contributed by atoms with Crippen molar-refractivity contribution in [1.29, 1.82) is 0 Å². The van der Waals surface area contributed by atoms with Gasteiger partial charge in [-0.2, -0.15) is 0 Å². The molecule has 4 unspecified atom stereocenters. The Morgan fingerprint density at radius 1 is 1.50 bits per heavy atom. The Hall–Kier alpha value is 0.850. The van der Waals surface area contributed by atoms with E-state index in [0.29, 0.717) is 17.8 Å². The van der Waals surface area contributed by atoms with Gasteiger partial charge in [-0.1, -0.05) is 0 Å². The van der Waals surface area contributed by atoms with E-state index in [-0.39, 0.29) is 15.2 Å². The summed E-state index contributed by atoms with van der Waals surface area (Å²) in [6.45, 7) is 6.52. The molecular formula is C14H22I2N2O2. The second-order valence-electron chi connectivity index (χ2n) is 6.89. The van der Waals surface area contributed by atoms with E-state index < -0.39 is 23.8 Å². The standard InChI is InChI=1S/C14H22I2N2O2/c1-4-8(2)13(9-5-6-10(13)7-9)20-11(19)12(3,15)14-16(17-14)18-14/h8-10,17-18H,4-7H2,1-3H3. The van der Waals surface area contributed by atoms with Crippen LogP contribution in [-0.4, -0.2) is 18.7 Å². The molecule has 0 aromatic carbocycles. The number of halogens is 2. The number of fused-ring (bicyclic) bond motifs is 2. The first-order valence-electron chi connectivity index (χ1n) is 7.56. The summed E-state index contributed by atoms with van der Waals surface area (Å²) in [7, 11) is 0. The van der Waals surface area contributed by atoms with Crippen LogP contribution in [0.4, 0.5) is 0 Å². The first-order chi connectivity index (χ1) is 9.38. The Labute approximate surface area is 141 Å². The molecule has 2 saturated heterocycles. The number of rotatable bonds is 5. The van der Waals surface area contributed by atoms with Crippen molar-refractivity contribution in [3.63, 3.8) is 0 Å². The van der Waals surface area contributed by atoms with E-state index in [1.54, 1.807) is 0 Å². The topological polar surface area (TPSA) is 70.2 Å². The molecule has 4 nitrogen and oxygen atoms in total. The molecule has 0 amide bonds. The van der Waals surface area contributed by atoms with Crippen LogP contribution in [0.3, 0.4) is 0 Å². The van der Waals surface area contributed by atoms with E-state index in [1.807, 2.05) is 6.92 Å². The van der Waals surface area contributed by atoms with Gasteiger partial charge in [0.05, 0.1) is 0 Å². The second-order valence-corrected chi connectivity index (χ2v) is 13.4. The normalized spacial score (nSPS) is 44.9. The van der Waals surface area contributed by atoms with Crippen LogP contribution in [0.25, 0.3) is 0 Å². The number of carbonyl (C=O) groups is 1. The summed E-state index contributed by atoms with van der Waals surface area (Å²) in [5, 5.41) is 0. The summed E-state index contributed by atoms with van der Waals surface area (Å²) in [5.41, 5.74) is -0.141. The third-order valence-electron chi connectivity index (χ3n) is 6.05. The maximum absolute atomic E-state index is 12.8. The van der Waals surface area contributed by atoms with Crippen LogP contribution in [0, 0.1) is 17.8 Å². The number of carbonyl (C=O) groups excluding carboxylic acids is 1. The van der Waals surface area contributed by atoms with Gasteiger partial charge in [-0.15, -0.1) is 0 Å². The number of esters is 1. The van der Waals surface area contributed by atoms with Gasteiger partial charge in [-0.05, 0) is 0 Å². The van der Waals surface area contributed by atoms with Crippen molar-refractivity contribution in [2.45, 2.75) is 59.1 Å². The molecule has 5 aliphatic rings. The molecule has 4 atom stereocenters. The molecular weight excluding hydrogens is 482 g/mol.